The molecule has 4 aromatic rings. The highest BCUT2D eigenvalue weighted by atomic mass is 16.5. The maximum atomic E-state index is 6.03. The molecule has 0 radical (unpaired) electrons. The maximum Gasteiger partial charge on any atom is 0.135 e. The van der Waals surface area contributed by atoms with Crippen molar-refractivity contribution in [1.82, 2.24) is 24.1 Å². The molecule has 0 spiro atoms. The number of ether oxygens (including phenoxy) is 2. The van der Waals surface area contributed by atoms with Crippen LogP contribution in [-0.2, 0) is 22.1 Å². The van der Waals surface area contributed by atoms with Crippen molar-refractivity contribution in [1.29, 1.82) is 0 Å². The molecule has 1 aliphatic rings. The second kappa shape index (κ2) is 6.93. The molecule has 1 fully saturated rings. The Morgan fingerprint density at radius 2 is 2.10 bits per heavy atom. The fourth-order valence-corrected chi connectivity index (χ4v) is 4.15. The van der Waals surface area contributed by atoms with E-state index in [2.05, 4.69) is 35.2 Å². The molecule has 1 aliphatic heterocycles. The lowest BCUT2D eigenvalue weighted by Gasteiger charge is -2.26. The van der Waals surface area contributed by atoms with Crippen LogP contribution in [0.3, 0.4) is 0 Å². The number of rotatable bonds is 4. The Kier molecular flexibility index (Phi) is 4.34. The van der Waals surface area contributed by atoms with Gasteiger partial charge in [0, 0.05) is 50.6 Å². The molecule has 2 N–H and O–H groups in total. The molecular weight excluding hydrogens is 380 g/mol. The number of hydrogen-bond acceptors (Lipinski definition) is 6. The predicted octanol–water partition coefficient (Wildman–Crippen LogP) is 2.95. The molecule has 8 nitrogen and oxygen atoms in total. The van der Waals surface area contributed by atoms with E-state index in [1.165, 1.54) is 0 Å². The second-order valence-electron chi connectivity index (χ2n) is 7.83. The number of fused-ring (bicyclic) bond motifs is 1. The molecule has 0 saturated carbocycles. The van der Waals surface area contributed by atoms with Crippen LogP contribution in [0, 0.1) is 6.92 Å². The Balaban J connectivity index is 1.73. The molecule has 1 saturated heterocycles. The molecular formula is C22H24N6O2. The molecule has 5 rings (SSSR count). The fraction of sp³-hybridized carbons (Fsp3) is 0.318. The van der Waals surface area contributed by atoms with Gasteiger partial charge in [-0.05, 0) is 30.7 Å². The summed E-state index contributed by atoms with van der Waals surface area (Å²) in [6.45, 7) is 3.25. The third-order valence-corrected chi connectivity index (χ3v) is 5.77. The van der Waals surface area contributed by atoms with Gasteiger partial charge in [-0.2, -0.15) is 5.10 Å². The number of aromatic nitrogens is 5. The molecule has 154 valence electrons. The molecule has 0 amide bonds. The first-order chi connectivity index (χ1) is 14.5. The summed E-state index contributed by atoms with van der Waals surface area (Å²) in [7, 11) is 3.62. The van der Waals surface area contributed by atoms with E-state index in [9.17, 15) is 0 Å². The number of nitrogens with zero attached hydrogens (tertiary/aromatic N) is 5. The van der Waals surface area contributed by atoms with Crippen molar-refractivity contribution in [3.05, 3.63) is 54.2 Å². The van der Waals surface area contributed by atoms with Gasteiger partial charge in [0.15, 0.2) is 0 Å². The van der Waals surface area contributed by atoms with Crippen LogP contribution in [0.15, 0.2) is 43.0 Å². The summed E-state index contributed by atoms with van der Waals surface area (Å²) >= 11 is 0. The van der Waals surface area contributed by atoms with Crippen LogP contribution >= 0.6 is 0 Å². The standard InChI is InChI=1S/C22H24N6O2/c1-14-6-17(26-20(7-14)22(29-3)4-5-30-12-22)16-8-18(15-10-25-27(2)11-15)28-13-24-21(23)9-19(16)28/h6-11,13H,4-5,12,23H2,1-3H3/t22-/m0/s1. The van der Waals surface area contributed by atoms with Crippen LogP contribution in [0.25, 0.3) is 28.0 Å². The SMILES string of the molecule is CO[C@@]1(c2cc(C)cc(-c3cc(-c4cnn(C)c4)n4cnc(N)cc34)n2)CCOC1. The third kappa shape index (κ3) is 2.96. The van der Waals surface area contributed by atoms with Gasteiger partial charge in [-0.3, -0.25) is 9.08 Å². The van der Waals surface area contributed by atoms with Gasteiger partial charge in [0.2, 0.25) is 0 Å². The molecule has 1 atom stereocenters. The average Bonchev–Trinajstić information content (AvgIpc) is 3.45. The largest absolute Gasteiger partial charge is 0.384 e. The summed E-state index contributed by atoms with van der Waals surface area (Å²) in [5.41, 5.74) is 12.3. The highest BCUT2D eigenvalue weighted by molar-refractivity contribution is 5.86. The molecule has 30 heavy (non-hydrogen) atoms. The molecule has 8 heteroatoms. The molecule has 5 heterocycles. The Hall–Kier alpha value is -3.23. The monoisotopic (exact) mass is 404 g/mol. The minimum absolute atomic E-state index is 0.463. The van der Waals surface area contributed by atoms with Crippen LogP contribution in [0.1, 0.15) is 17.7 Å². The summed E-state index contributed by atoms with van der Waals surface area (Å²) in [6, 6.07) is 8.16. The lowest BCUT2D eigenvalue weighted by Crippen LogP contribution is -2.30. The zero-order valence-corrected chi connectivity index (χ0v) is 17.3. The number of methoxy groups -OCH3 is 1. The zero-order valence-electron chi connectivity index (χ0n) is 17.3. The van der Waals surface area contributed by atoms with Gasteiger partial charge >= 0.3 is 0 Å². The van der Waals surface area contributed by atoms with E-state index in [0.29, 0.717) is 19.0 Å². The van der Waals surface area contributed by atoms with E-state index in [1.807, 2.05) is 29.9 Å². The molecule has 0 bridgehead atoms. The van der Waals surface area contributed by atoms with Crippen molar-refractivity contribution in [3.8, 4) is 22.5 Å². The lowest BCUT2D eigenvalue weighted by atomic mass is 9.95. The quantitative estimate of drug-likeness (QED) is 0.562. The smallest absolute Gasteiger partial charge is 0.135 e. The molecule has 0 aliphatic carbocycles. The topological polar surface area (TPSA) is 92.5 Å². The minimum atomic E-state index is -0.511. The Morgan fingerprint density at radius 3 is 2.80 bits per heavy atom. The third-order valence-electron chi connectivity index (χ3n) is 5.77. The number of nitrogens with two attached hydrogens (primary N) is 1. The Labute approximate surface area is 174 Å². The number of aryl methyl sites for hydroxylation is 2. The number of hydrogen-bond donors (Lipinski definition) is 1. The summed E-state index contributed by atoms with van der Waals surface area (Å²) in [4.78, 5) is 9.31. The van der Waals surface area contributed by atoms with Crippen LogP contribution in [0.5, 0.6) is 0 Å². The van der Waals surface area contributed by atoms with Crippen molar-refractivity contribution in [3.63, 3.8) is 0 Å². The van der Waals surface area contributed by atoms with Crippen LogP contribution in [-0.4, -0.2) is 44.5 Å². The number of pyridine rings is 1. The van der Waals surface area contributed by atoms with Gasteiger partial charge in [-0.25, -0.2) is 9.97 Å². The summed E-state index contributed by atoms with van der Waals surface area (Å²) in [5, 5.41) is 4.31. The van der Waals surface area contributed by atoms with E-state index in [0.717, 1.165) is 45.7 Å². The molecule has 0 unspecified atom stereocenters. The lowest BCUT2D eigenvalue weighted by molar-refractivity contribution is -0.0245. The summed E-state index contributed by atoms with van der Waals surface area (Å²) in [5.74, 6) is 0.463. The van der Waals surface area contributed by atoms with Crippen molar-refractivity contribution >= 4 is 11.3 Å². The van der Waals surface area contributed by atoms with Gasteiger partial charge < -0.3 is 15.2 Å². The maximum absolute atomic E-state index is 6.03. The van der Waals surface area contributed by atoms with Crippen LogP contribution in [0.2, 0.25) is 0 Å². The van der Waals surface area contributed by atoms with E-state index < -0.39 is 5.60 Å². The van der Waals surface area contributed by atoms with Gasteiger partial charge in [0.1, 0.15) is 17.7 Å². The van der Waals surface area contributed by atoms with Gasteiger partial charge in [0.25, 0.3) is 0 Å². The number of anilines is 1. The summed E-state index contributed by atoms with van der Waals surface area (Å²) < 4.78 is 15.3. The minimum Gasteiger partial charge on any atom is -0.384 e. The summed E-state index contributed by atoms with van der Waals surface area (Å²) in [6.07, 6.45) is 6.35. The first kappa shape index (κ1) is 18.8. The van der Waals surface area contributed by atoms with Crippen LogP contribution < -0.4 is 5.73 Å². The first-order valence-corrected chi connectivity index (χ1v) is 9.87. The fourth-order valence-electron chi connectivity index (χ4n) is 4.15. The van der Waals surface area contributed by atoms with Crippen molar-refractivity contribution < 1.29 is 9.47 Å². The van der Waals surface area contributed by atoms with Crippen molar-refractivity contribution in [2.75, 3.05) is 26.1 Å². The van der Waals surface area contributed by atoms with Crippen molar-refractivity contribution in [2.45, 2.75) is 18.9 Å². The Morgan fingerprint density at radius 1 is 1.23 bits per heavy atom. The van der Waals surface area contributed by atoms with Crippen molar-refractivity contribution in [2.24, 2.45) is 7.05 Å². The van der Waals surface area contributed by atoms with Gasteiger partial charge in [-0.1, -0.05) is 0 Å². The van der Waals surface area contributed by atoms with E-state index >= 15 is 0 Å². The van der Waals surface area contributed by atoms with E-state index in [1.54, 1.807) is 18.1 Å². The predicted molar refractivity (Wildman–Crippen MR) is 114 cm³/mol. The highest BCUT2D eigenvalue weighted by Gasteiger charge is 2.38. The number of nitrogen functional groups attached to an aromatic ring is 1. The van der Waals surface area contributed by atoms with Crippen LogP contribution in [0.4, 0.5) is 5.82 Å². The zero-order chi connectivity index (χ0) is 20.9. The Bertz CT molecular complexity index is 1240. The normalized spacial score (nSPS) is 19.0. The molecule has 0 aromatic carbocycles. The van der Waals surface area contributed by atoms with Gasteiger partial charge in [0.05, 0.1) is 35.4 Å². The second-order valence-corrected chi connectivity index (χ2v) is 7.83. The highest BCUT2D eigenvalue weighted by Crippen LogP contribution is 2.37. The van der Waals surface area contributed by atoms with Gasteiger partial charge in [-0.15, -0.1) is 0 Å². The first-order valence-electron chi connectivity index (χ1n) is 9.87. The van der Waals surface area contributed by atoms with E-state index in [4.69, 9.17) is 20.2 Å². The van der Waals surface area contributed by atoms with E-state index in [-0.39, 0.29) is 0 Å². The molecule has 4 aromatic heterocycles. The average molecular weight is 404 g/mol.